The summed E-state index contributed by atoms with van der Waals surface area (Å²) < 4.78 is 48.0. The number of esters is 1. The van der Waals surface area contributed by atoms with E-state index in [0.29, 0.717) is 23.9 Å². The fourth-order valence-electron chi connectivity index (χ4n) is 3.83. The number of carboxylic acids is 1. The molecule has 0 spiro atoms. The highest BCUT2D eigenvalue weighted by Crippen LogP contribution is 2.49. The van der Waals surface area contributed by atoms with Gasteiger partial charge in [0.05, 0.1) is 12.1 Å². The molecule has 1 fully saturated rings. The average molecular weight is 479 g/mol. The van der Waals surface area contributed by atoms with Gasteiger partial charge in [0.1, 0.15) is 16.2 Å². The van der Waals surface area contributed by atoms with Gasteiger partial charge in [-0.05, 0) is 62.6 Å². The van der Waals surface area contributed by atoms with E-state index in [1.54, 1.807) is 31.2 Å². The Kier molecular flexibility index (Phi) is 6.04. The lowest BCUT2D eigenvalue weighted by atomic mass is 9.84. The second kappa shape index (κ2) is 8.66. The van der Waals surface area contributed by atoms with E-state index in [4.69, 9.17) is 4.74 Å². The number of hydrogen-bond donors (Lipinski definition) is 1. The van der Waals surface area contributed by atoms with E-state index in [2.05, 4.69) is 4.74 Å². The summed E-state index contributed by atoms with van der Waals surface area (Å²) in [7, 11) is 0. The predicted molar refractivity (Wildman–Crippen MR) is 116 cm³/mol. The van der Waals surface area contributed by atoms with Crippen LogP contribution in [0.4, 0.5) is 13.2 Å². The second-order valence-corrected chi connectivity index (χ2v) is 9.06. The molecule has 1 saturated carbocycles. The van der Waals surface area contributed by atoms with Gasteiger partial charge in [-0.3, -0.25) is 4.79 Å². The highest BCUT2D eigenvalue weighted by atomic mass is 32.2. The molecule has 0 radical (unpaired) electrons. The van der Waals surface area contributed by atoms with Gasteiger partial charge in [-0.2, -0.15) is 0 Å². The lowest BCUT2D eigenvalue weighted by Gasteiger charge is -2.38. The Labute approximate surface area is 191 Å². The maximum absolute atomic E-state index is 12.7. The summed E-state index contributed by atoms with van der Waals surface area (Å²) in [6.45, 7) is 2.03. The van der Waals surface area contributed by atoms with Gasteiger partial charge in [-0.1, -0.05) is 6.07 Å². The van der Waals surface area contributed by atoms with Crippen LogP contribution in [0, 0.1) is 0 Å². The molecular weight excluding hydrogens is 459 g/mol. The third-order valence-corrected chi connectivity index (χ3v) is 6.88. The SMILES string of the molecule is CCOC(=O)C1(Sc2cccc(-n3c(C(=O)O)cc4ccc(OC(F)(F)F)cc43)c2)CCC1. The molecule has 174 valence electrons. The van der Waals surface area contributed by atoms with E-state index in [0.717, 1.165) is 23.4 Å². The summed E-state index contributed by atoms with van der Waals surface area (Å²) >= 11 is 1.36. The van der Waals surface area contributed by atoms with Crippen LogP contribution in [0.5, 0.6) is 5.75 Å². The monoisotopic (exact) mass is 479 g/mol. The van der Waals surface area contributed by atoms with E-state index in [1.807, 2.05) is 0 Å². The largest absolute Gasteiger partial charge is 0.573 e. The van der Waals surface area contributed by atoms with Crippen LogP contribution in [0.15, 0.2) is 53.4 Å². The van der Waals surface area contributed by atoms with Crippen molar-refractivity contribution >= 4 is 34.6 Å². The van der Waals surface area contributed by atoms with Crippen LogP contribution in [0.3, 0.4) is 0 Å². The average Bonchev–Trinajstić information content (AvgIpc) is 3.09. The van der Waals surface area contributed by atoms with Crippen molar-refractivity contribution in [3.8, 4) is 11.4 Å². The van der Waals surface area contributed by atoms with Crippen LogP contribution in [-0.2, 0) is 9.53 Å². The minimum Gasteiger partial charge on any atom is -0.477 e. The van der Waals surface area contributed by atoms with Crippen molar-refractivity contribution in [2.75, 3.05) is 6.61 Å². The molecule has 0 aliphatic heterocycles. The number of carbonyl (C=O) groups excluding carboxylic acids is 1. The van der Waals surface area contributed by atoms with Crippen molar-refractivity contribution in [3.05, 3.63) is 54.2 Å². The van der Waals surface area contributed by atoms with Crippen LogP contribution >= 0.6 is 11.8 Å². The molecule has 10 heteroatoms. The van der Waals surface area contributed by atoms with Crippen LogP contribution in [0.2, 0.25) is 0 Å². The number of nitrogens with zero attached hydrogens (tertiary/aromatic N) is 1. The smallest absolute Gasteiger partial charge is 0.477 e. The number of rotatable bonds is 7. The van der Waals surface area contributed by atoms with Crippen molar-refractivity contribution in [1.29, 1.82) is 0 Å². The zero-order valence-electron chi connectivity index (χ0n) is 17.5. The number of ether oxygens (including phenoxy) is 2. The lowest BCUT2D eigenvalue weighted by molar-refractivity contribution is -0.274. The summed E-state index contributed by atoms with van der Waals surface area (Å²) in [5.74, 6) is -1.96. The number of aromatic carboxylic acids is 1. The Hall–Kier alpha value is -3.14. The van der Waals surface area contributed by atoms with Crippen molar-refractivity contribution in [3.63, 3.8) is 0 Å². The number of fused-ring (bicyclic) bond motifs is 1. The first-order valence-electron chi connectivity index (χ1n) is 10.2. The van der Waals surface area contributed by atoms with Gasteiger partial charge in [-0.25, -0.2) is 4.79 Å². The van der Waals surface area contributed by atoms with Gasteiger partial charge >= 0.3 is 18.3 Å². The number of benzene rings is 2. The molecule has 0 atom stereocenters. The first kappa shape index (κ1) is 23.0. The Morgan fingerprint density at radius 2 is 1.91 bits per heavy atom. The van der Waals surface area contributed by atoms with E-state index >= 15 is 0 Å². The Morgan fingerprint density at radius 3 is 2.52 bits per heavy atom. The number of halogens is 3. The maximum Gasteiger partial charge on any atom is 0.573 e. The molecule has 1 aliphatic rings. The van der Waals surface area contributed by atoms with Crippen molar-refractivity contribution < 1.29 is 37.3 Å². The van der Waals surface area contributed by atoms with Crippen LogP contribution in [0.25, 0.3) is 16.6 Å². The molecule has 1 aromatic heterocycles. The number of carbonyl (C=O) groups is 2. The molecule has 1 aliphatic carbocycles. The van der Waals surface area contributed by atoms with Gasteiger partial charge in [0.25, 0.3) is 0 Å². The minimum atomic E-state index is -4.87. The van der Waals surface area contributed by atoms with Gasteiger partial charge in [0.2, 0.25) is 0 Å². The van der Waals surface area contributed by atoms with Crippen molar-refractivity contribution in [1.82, 2.24) is 4.57 Å². The Bertz CT molecular complexity index is 1220. The van der Waals surface area contributed by atoms with E-state index in [1.165, 1.54) is 28.5 Å². The summed E-state index contributed by atoms with van der Waals surface area (Å²) in [5, 5.41) is 10.2. The molecule has 4 rings (SSSR count). The number of aromatic nitrogens is 1. The normalized spacial score (nSPS) is 15.2. The van der Waals surface area contributed by atoms with E-state index < -0.39 is 22.8 Å². The fraction of sp³-hybridized carbons (Fsp3) is 0.304. The molecule has 1 N–H and O–H groups in total. The molecule has 0 bridgehead atoms. The van der Waals surface area contributed by atoms with Crippen LogP contribution in [-0.4, -0.2) is 39.3 Å². The summed E-state index contributed by atoms with van der Waals surface area (Å²) in [6.07, 6.45) is -2.63. The third-order valence-electron chi connectivity index (χ3n) is 5.43. The first-order valence-corrected chi connectivity index (χ1v) is 11.0. The molecule has 2 aromatic carbocycles. The molecule has 6 nitrogen and oxygen atoms in total. The zero-order chi connectivity index (χ0) is 23.8. The molecule has 0 saturated heterocycles. The molecule has 0 amide bonds. The molecule has 0 unspecified atom stereocenters. The highest BCUT2D eigenvalue weighted by Gasteiger charge is 2.46. The maximum atomic E-state index is 12.7. The van der Waals surface area contributed by atoms with Crippen molar-refractivity contribution in [2.45, 2.75) is 42.2 Å². The minimum absolute atomic E-state index is 0.111. The van der Waals surface area contributed by atoms with Gasteiger partial charge in [-0.15, -0.1) is 24.9 Å². The van der Waals surface area contributed by atoms with Crippen LogP contribution in [0.1, 0.15) is 36.7 Å². The summed E-state index contributed by atoms with van der Waals surface area (Å²) in [6, 6.07) is 11.9. The van der Waals surface area contributed by atoms with Gasteiger partial charge in [0.15, 0.2) is 0 Å². The number of hydrogen-bond acceptors (Lipinski definition) is 5. The Morgan fingerprint density at radius 1 is 1.15 bits per heavy atom. The van der Waals surface area contributed by atoms with Gasteiger partial charge in [0, 0.05) is 22.0 Å². The number of alkyl halides is 3. The van der Waals surface area contributed by atoms with Crippen molar-refractivity contribution in [2.24, 2.45) is 0 Å². The quantitative estimate of drug-likeness (QED) is 0.431. The Balaban J connectivity index is 1.77. The first-order chi connectivity index (χ1) is 15.6. The number of carboxylic acid groups (broad SMARTS) is 1. The standard InChI is InChI=1S/C23H20F3NO5S/c1-2-31-21(30)22(9-4-10-22)33-17-6-3-5-15(12-17)27-18-13-16(32-23(24,25)26)8-7-14(18)11-19(27)20(28)29/h3,5-8,11-13H,2,4,9-10H2,1H3,(H,28,29). The predicted octanol–water partition coefficient (Wildman–Crippen LogP) is 5.81. The molecule has 3 aromatic rings. The molecule has 1 heterocycles. The molecule has 33 heavy (non-hydrogen) atoms. The lowest BCUT2D eigenvalue weighted by Crippen LogP contribution is -2.43. The third kappa shape index (κ3) is 4.66. The summed E-state index contributed by atoms with van der Waals surface area (Å²) in [5.41, 5.74) is 0.579. The van der Waals surface area contributed by atoms with Gasteiger partial charge < -0.3 is 19.1 Å². The molecular formula is C23H20F3NO5S. The second-order valence-electron chi connectivity index (χ2n) is 7.61. The topological polar surface area (TPSA) is 77.8 Å². The zero-order valence-corrected chi connectivity index (χ0v) is 18.3. The number of thioether (sulfide) groups is 1. The van der Waals surface area contributed by atoms with E-state index in [-0.39, 0.29) is 23.8 Å². The summed E-state index contributed by atoms with van der Waals surface area (Å²) in [4.78, 5) is 25.1. The van der Waals surface area contributed by atoms with E-state index in [9.17, 15) is 27.9 Å². The fourth-order valence-corrected chi connectivity index (χ4v) is 5.25. The highest BCUT2D eigenvalue weighted by molar-refractivity contribution is 8.01. The van der Waals surface area contributed by atoms with Crippen LogP contribution < -0.4 is 4.74 Å².